The lowest BCUT2D eigenvalue weighted by Crippen LogP contribution is -2.50. The zero-order chi connectivity index (χ0) is 26.5. The smallest absolute Gasteiger partial charge is 0.250 e. The Morgan fingerprint density at radius 3 is 2.73 bits per heavy atom. The lowest BCUT2D eigenvalue weighted by molar-refractivity contribution is -0.144. The summed E-state index contributed by atoms with van der Waals surface area (Å²) in [6.07, 6.45) is 3.32. The van der Waals surface area contributed by atoms with Gasteiger partial charge in [0.2, 0.25) is 11.8 Å². The Morgan fingerprint density at radius 1 is 1.30 bits per heavy atom. The van der Waals surface area contributed by atoms with E-state index in [-0.39, 0.29) is 37.9 Å². The summed E-state index contributed by atoms with van der Waals surface area (Å²) in [6.45, 7) is 7.40. The molecular weight excluding hydrogens is 478 g/mol. The van der Waals surface area contributed by atoms with Crippen LogP contribution >= 0.6 is 0 Å². The van der Waals surface area contributed by atoms with Crippen molar-refractivity contribution < 1.29 is 24.2 Å². The normalized spacial score (nSPS) is 22.5. The van der Waals surface area contributed by atoms with Crippen LogP contribution in [-0.2, 0) is 34.0 Å². The number of fused-ring (bicyclic) bond motifs is 1. The van der Waals surface area contributed by atoms with E-state index in [1.807, 2.05) is 31.5 Å². The van der Waals surface area contributed by atoms with E-state index in [4.69, 9.17) is 10.5 Å². The van der Waals surface area contributed by atoms with Crippen molar-refractivity contribution in [3.8, 4) is 0 Å². The maximum atomic E-state index is 13.9. The summed E-state index contributed by atoms with van der Waals surface area (Å²) in [4.78, 5) is 40.5. The molecule has 12 heteroatoms. The number of aliphatic hydroxyl groups is 1. The highest BCUT2D eigenvalue weighted by atomic mass is 16.5. The van der Waals surface area contributed by atoms with Gasteiger partial charge in [-0.25, -0.2) is 4.68 Å². The second-order valence-electron chi connectivity index (χ2n) is 11.3. The van der Waals surface area contributed by atoms with Gasteiger partial charge in [0.15, 0.2) is 0 Å². The number of nitrogens with one attached hydrogen (secondary N) is 1. The maximum Gasteiger partial charge on any atom is 0.250 e. The van der Waals surface area contributed by atoms with Crippen molar-refractivity contribution >= 4 is 17.7 Å². The van der Waals surface area contributed by atoms with Gasteiger partial charge in [0, 0.05) is 37.3 Å². The number of β-amino-alcohol motifs (C(OH)–C–C–N with tert-alkyl or cyclic N) is 1. The number of likely N-dealkylation sites (tertiary alicyclic amines) is 1. The Labute approximate surface area is 215 Å². The summed E-state index contributed by atoms with van der Waals surface area (Å²) in [6, 6.07) is 0.175. The lowest BCUT2D eigenvalue weighted by Gasteiger charge is -2.34. The molecule has 12 nitrogen and oxygen atoms in total. The molecule has 200 valence electrons. The fourth-order valence-corrected chi connectivity index (χ4v) is 5.39. The number of aromatic nitrogens is 4. The number of amides is 3. The predicted molar refractivity (Wildman–Crippen MR) is 131 cm³/mol. The average molecular weight is 514 g/mol. The topological polar surface area (TPSA) is 158 Å². The highest BCUT2D eigenvalue weighted by molar-refractivity contribution is 5.94. The van der Waals surface area contributed by atoms with Gasteiger partial charge in [0.25, 0.3) is 5.91 Å². The van der Waals surface area contributed by atoms with Crippen LogP contribution in [0.25, 0.3) is 0 Å². The highest BCUT2D eigenvalue weighted by Crippen LogP contribution is 2.40. The molecule has 4 N–H and O–H groups in total. The third-order valence-electron chi connectivity index (χ3n) is 7.41. The summed E-state index contributed by atoms with van der Waals surface area (Å²) in [5, 5.41) is 21.9. The van der Waals surface area contributed by atoms with E-state index >= 15 is 0 Å². The molecule has 2 aromatic heterocycles. The van der Waals surface area contributed by atoms with Crippen LogP contribution in [0.5, 0.6) is 0 Å². The SMILES string of the molecule is CC(C)(C)[C@@H](C(=O)N1C[C@H](O)C[C@H]1C(=O)NCc1cc(C(N)=O)c2n1CCOC2)n1cc(C2CC2)nn1. The molecular formula is C25H35N7O5. The van der Waals surface area contributed by atoms with E-state index in [1.54, 1.807) is 10.7 Å². The molecule has 5 rings (SSSR count). The first-order valence-electron chi connectivity index (χ1n) is 12.8. The van der Waals surface area contributed by atoms with Crippen molar-refractivity contribution in [2.24, 2.45) is 11.1 Å². The Bertz CT molecular complexity index is 1210. The fourth-order valence-electron chi connectivity index (χ4n) is 5.39. The number of rotatable bonds is 7. The highest BCUT2D eigenvalue weighted by Gasteiger charge is 2.45. The molecule has 1 saturated carbocycles. The number of hydrogen-bond donors (Lipinski definition) is 3. The lowest BCUT2D eigenvalue weighted by atomic mass is 9.85. The van der Waals surface area contributed by atoms with Crippen molar-refractivity contribution in [2.75, 3.05) is 13.2 Å². The molecule has 4 heterocycles. The molecule has 2 aliphatic heterocycles. The van der Waals surface area contributed by atoms with E-state index in [0.717, 1.165) is 24.2 Å². The van der Waals surface area contributed by atoms with Crippen LogP contribution < -0.4 is 11.1 Å². The molecule has 2 fully saturated rings. The average Bonchev–Trinajstić information content (AvgIpc) is 3.27. The summed E-state index contributed by atoms with van der Waals surface area (Å²) >= 11 is 0. The molecule has 1 saturated heterocycles. The number of carbonyl (C=O) groups excluding carboxylic acids is 3. The van der Waals surface area contributed by atoms with Crippen molar-refractivity contribution in [3.05, 3.63) is 34.9 Å². The summed E-state index contributed by atoms with van der Waals surface area (Å²) in [7, 11) is 0. The number of primary amides is 1. The molecule has 3 aliphatic rings. The standard InChI is InChI=1S/C25H35N7O5/c1-25(2,3)21(32-12-18(28-29-32)14-4-5-14)24(36)31-11-16(33)9-19(31)23(35)27-10-15-8-17(22(26)34)20-13-37-7-6-30(15)20/h8,12,14,16,19,21,33H,4-7,9-11,13H2,1-3H3,(H2,26,34)(H,27,35)/t16-,19+,21-/m1/s1. The Kier molecular flexibility index (Phi) is 6.57. The first-order chi connectivity index (χ1) is 17.5. The largest absolute Gasteiger partial charge is 0.391 e. The molecule has 3 atom stereocenters. The number of ether oxygens (including phenoxy) is 1. The van der Waals surface area contributed by atoms with E-state index in [9.17, 15) is 19.5 Å². The Balaban J connectivity index is 1.33. The minimum Gasteiger partial charge on any atom is -0.391 e. The second kappa shape index (κ2) is 9.56. The van der Waals surface area contributed by atoms with E-state index < -0.39 is 29.5 Å². The van der Waals surface area contributed by atoms with Gasteiger partial charge in [-0.05, 0) is 24.3 Å². The van der Waals surface area contributed by atoms with Gasteiger partial charge in [0.1, 0.15) is 12.1 Å². The van der Waals surface area contributed by atoms with Crippen LogP contribution in [0.4, 0.5) is 0 Å². The quantitative estimate of drug-likeness (QED) is 0.485. The molecule has 0 unspecified atom stereocenters. The maximum absolute atomic E-state index is 13.9. The minimum atomic E-state index is -0.825. The first-order valence-corrected chi connectivity index (χ1v) is 12.8. The van der Waals surface area contributed by atoms with Gasteiger partial charge in [-0.1, -0.05) is 26.0 Å². The van der Waals surface area contributed by atoms with Crippen LogP contribution in [0.15, 0.2) is 12.3 Å². The zero-order valence-corrected chi connectivity index (χ0v) is 21.5. The number of nitrogens with zero attached hydrogens (tertiary/aromatic N) is 5. The van der Waals surface area contributed by atoms with E-state index in [2.05, 4.69) is 15.6 Å². The summed E-state index contributed by atoms with van der Waals surface area (Å²) in [5.41, 5.74) is 7.72. The Morgan fingerprint density at radius 2 is 2.05 bits per heavy atom. The Hall–Kier alpha value is -3.25. The minimum absolute atomic E-state index is 0.0668. The van der Waals surface area contributed by atoms with Crippen LogP contribution in [0.2, 0.25) is 0 Å². The fraction of sp³-hybridized carbons (Fsp3) is 0.640. The van der Waals surface area contributed by atoms with Gasteiger partial charge in [0.05, 0.1) is 42.8 Å². The van der Waals surface area contributed by atoms with Crippen LogP contribution in [-0.4, -0.2) is 72.6 Å². The van der Waals surface area contributed by atoms with Crippen LogP contribution in [0.3, 0.4) is 0 Å². The van der Waals surface area contributed by atoms with Crippen LogP contribution in [0.1, 0.15) is 79.4 Å². The van der Waals surface area contributed by atoms with Gasteiger partial charge in [-0.2, -0.15) is 0 Å². The summed E-state index contributed by atoms with van der Waals surface area (Å²) in [5.74, 6) is -0.783. The molecule has 37 heavy (non-hydrogen) atoms. The van der Waals surface area contributed by atoms with Gasteiger partial charge < -0.3 is 30.4 Å². The molecule has 1 aliphatic carbocycles. The molecule has 3 amide bonds. The monoisotopic (exact) mass is 513 g/mol. The van der Waals surface area contributed by atoms with Crippen molar-refractivity contribution in [2.45, 2.75) is 83.8 Å². The van der Waals surface area contributed by atoms with E-state index in [1.165, 1.54) is 4.90 Å². The number of nitrogens with two attached hydrogens (primary N) is 1. The molecule has 2 aromatic rings. The van der Waals surface area contributed by atoms with Gasteiger partial charge in [-0.3, -0.25) is 14.4 Å². The van der Waals surface area contributed by atoms with Crippen molar-refractivity contribution in [1.29, 1.82) is 0 Å². The zero-order valence-electron chi connectivity index (χ0n) is 21.5. The second-order valence-corrected chi connectivity index (χ2v) is 11.3. The van der Waals surface area contributed by atoms with Crippen molar-refractivity contribution in [1.82, 2.24) is 29.8 Å². The third kappa shape index (κ3) is 4.99. The summed E-state index contributed by atoms with van der Waals surface area (Å²) < 4.78 is 9.01. The number of hydrogen-bond acceptors (Lipinski definition) is 7. The number of aliphatic hydroxyl groups excluding tert-OH is 1. The molecule has 0 bridgehead atoms. The first kappa shape index (κ1) is 25.4. The van der Waals surface area contributed by atoms with Crippen LogP contribution in [0, 0.1) is 5.41 Å². The van der Waals surface area contributed by atoms with E-state index in [0.29, 0.717) is 30.3 Å². The molecule has 0 spiro atoms. The number of carbonyl (C=O) groups is 3. The molecule has 0 radical (unpaired) electrons. The molecule has 0 aromatic carbocycles. The van der Waals surface area contributed by atoms with Crippen molar-refractivity contribution in [3.63, 3.8) is 0 Å². The van der Waals surface area contributed by atoms with Gasteiger partial charge in [-0.15, -0.1) is 5.10 Å². The van der Waals surface area contributed by atoms with Gasteiger partial charge >= 0.3 is 0 Å². The third-order valence-corrected chi connectivity index (χ3v) is 7.41. The predicted octanol–water partition coefficient (Wildman–Crippen LogP) is 0.452.